The van der Waals surface area contributed by atoms with Gasteiger partial charge in [0.05, 0.1) is 0 Å². The van der Waals surface area contributed by atoms with Gasteiger partial charge >= 0.3 is 0 Å². The molecule has 0 aromatic carbocycles. The summed E-state index contributed by atoms with van der Waals surface area (Å²) in [5.41, 5.74) is 0.433. The Morgan fingerprint density at radius 3 is 2.42 bits per heavy atom. The zero-order valence-corrected chi connectivity index (χ0v) is 12.6. The number of hydrogen-bond donors (Lipinski definition) is 2. The Bertz CT molecular complexity index is 422. The van der Waals surface area contributed by atoms with Gasteiger partial charge in [-0.2, -0.15) is 0 Å². The Morgan fingerprint density at radius 2 is 1.84 bits per heavy atom. The van der Waals surface area contributed by atoms with Crippen molar-refractivity contribution in [3.05, 3.63) is 11.9 Å². The Labute approximate surface area is 116 Å². The lowest BCUT2D eigenvalue weighted by molar-refractivity contribution is 0.361. The second kappa shape index (κ2) is 5.76. The Morgan fingerprint density at radius 1 is 1.21 bits per heavy atom. The van der Waals surface area contributed by atoms with E-state index in [1.165, 1.54) is 25.7 Å². The Balaban J connectivity index is 2.08. The molecule has 1 heterocycles. The molecule has 1 aromatic heterocycles. The molecule has 4 heteroatoms. The lowest BCUT2D eigenvalue weighted by Crippen LogP contribution is -2.23. The van der Waals surface area contributed by atoms with Crippen molar-refractivity contribution in [2.75, 3.05) is 24.2 Å². The molecule has 0 unspecified atom stereocenters. The normalized spacial score (nSPS) is 17.7. The fourth-order valence-corrected chi connectivity index (χ4v) is 2.65. The van der Waals surface area contributed by atoms with Gasteiger partial charge in [-0.1, -0.05) is 33.6 Å². The zero-order valence-electron chi connectivity index (χ0n) is 12.6. The Kier molecular flexibility index (Phi) is 4.27. The molecular weight excluding hydrogens is 236 g/mol. The molecule has 1 aromatic rings. The van der Waals surface area contributed by atoms with Crippen molar-refractivity contribution in [3.63, 3.8) is 0 Å². The molecule has 1 aliphatic rings. The largest absolute Gasteiger partial charge is 0.373 e. The van der Waals surface area contributed by atoms with Crippen molar-refractivity contribution in [2.24, 2.45) is 5.41 Å². The standard InChI is InChI=1S/C15H26N4/c1-11(2)14-18-12(16-4)9-13(19-14)17-10-15(3)7-5-6-8-15/h9,11H,5-8,10H2,1-4H3,(H2,16,17,18,19). The highest BCUT2D eigenvalue weighted by molar-refractivity contribution is 5.47. The van der Waals surface area contributed by atoms with Gasteiger partial charge in [0.15, 0.2) is 0 Å². The van der Waals surface area contributed by atoms with Crippen LogP contribution in [0.15, 0.2) is 6.07 Å². The molecule has 0 amide bonds. The van der Waals surface area contributed by atoms with E-state index in [1.54, 1.807) is 0 Å². The smallest absolute Gasteiger partial charge is 0.135 e. The third-order valence-corrected chi connectivity index (χ3v) is 4.02. The topological polar surface area (TPSA) is 49.8 Å². The first-order chi connectivity index (χ1) is 9.02. The second-order valence-corrected chi connectivity index (χ2v) is 6.27. The second-order valence-electron chi connectivity index (χ2n) is 6.27. The molecule has 0 radical (unpaired) electrons. The summed E-state index contributed by atoms with van der Waals surface area (Å²) < 4.78 is 0. The lowest BCUT2D eigenvalue weighted by Gasteiger charge is -2.24. The van der Waals surface area contributed by atoms with Crippen LogP contribution in [0.2, 0.25) is 0 Å². The SMILES string of the molecule is CNc1cc(NCC2(C)CCCC2)nc(C(C)C)n1. The van der Waals surface area contributed by atoms with Crippen LogP contribution < -0.4 is 10.6 Å². The van der Waals surface area contributed by atoms with E-state index in [2.05, 4.69) is 41.4 Å². The van der Waals surface area contributed by atoms with E-state index < -0.39 is 0 Å². The first-order valence-electron chi connectivity index (χ1n) is 7.33. The summed E-state index contributed by atoms with van der Waals surface area (Å²) in [7, 11) is 1.90. The van der Waals surface area contributed by atoms with Gasteiger partial charge in [0.25, 0.3) is 0 Å². The zero-order chi connectivity index (χ0) is 13.9. The third kappa shape index (κ3) is 3.58. The van der Waals surface area contributed by atoms with E-state index in [0.29, 0.717) is 11.3 Å². The molecule has 0 spiro atoms. The monoisotopic (exact) mass is 262 g/mol. The van der Waals surface area contributed by atoms with Gasteiger partial charge in [0, 0.05) is 25.6 Å². The number of nitrogens with zero attached hydrogens (tertiary/aromatic N) is 2. The maximum atomic E-state index is 4.61. The highest BCUT2D eigenvalue weighted by atomic mass is 15.1. The number of anilines is 2. The molecule has 2 N–H and O–H groups in total. The highest BCUT2D eigenvalue weighted by Crippen LogP contribution is 2.37. The molecule has 0 aliphatic heterocycles. The molecule has 0 atom stereocenters. The average Bonchev–Trinajstić information content (AvgIpc) is 2.83. The van der Waals surface area contributed by atoms with Crippen molar-refractivity contribution in [1.82, 2.24) is 9.97 Å². The van der Waals surface area contributed by atoms with Gasteiger partial charge < -0.3 is 10.6 Å². The summed E-state index contributed by atoms with van der Waals surface area (Å²) in [5, 5.41) is 6.61. The van der Waals surface area contributed by atoms with Crippen molar-refractivity contribution in [1.29, 1.82) is 0 Å². The van der Waals surface area contributed by atoms with Crippen molar-refractivity contribution in [2.45, 2.75) is 52.4 Å². The summed E-state index contributed by atoms with van der Waals surface area (Å²) in [4.78, 5) is 9.10. The van der Waals surface area contributed by atoms with Gasteiger partial charge in [-0.15, -0.1) is 0 Å². The summed E-state index contributed by atoms with van der Waals surface area (Å²) in [6, 6.07) is 1.99. The van der Waals surface area contributed by atoms with Crippen molar-refractivity contribution in [3.8, 4) is 0 Å². The molecule has 2 rings (SSSR count). The van der Waals surface area contributed by atoms with Crippen molar-refractivity contribution < 1.29 is 0 Å². The lowest BCUT2D eigenvalue weighted by atomic mass is 9.89. The minimum Gasteiger partial charge on any atom is -0.373 e. The van der Waals surface area contributed by atoms with Crippen LogP contribution >= 0.6 is 0 Å². The fourth-order valence-electron chi connectivity index (χ4n) is 2.65. The van der Waals surface area contributed by atoms with Crippen LogP contribution in [-0.4, -0.2) is 23.6 Å². The van der Waals surface area contributed by atoms with Crippen LogP contribution in [-0.2, 0) is 0 Å². The van der Waals surface area contributed by atoms with Crippen LogP contribution in [0.4, 0.5) is 11.6 Å². The summed E-state index contributed by atoms with van der Waals surface area (Å²) in [6.07, 6.45) is 5.37. The van der Waals surface area contributed by atoms with Gasteiger partial charge in [-0.05, 0) is 18.3 Å². The van der Waals surface area contributed by atoms with E-state index in [4.69, 9.17) is 0 Å². The van der Waals surface area contributed by atoms with Crippen LogP contribution in [0, 0.1) is 5.41 Å². The molecule has 19 heavy (non-hydrogen) atoms. The van der Waals surface area contributed by atoms with Gasteiger partial charge in [0.2, 0.25) is 0 Å². The average molecular weight is 262 g/mol. The predicted molar refractivity (Wildman–Crippen MR) is 80.7 cm³/mol. The Hall–Kier alpha value is -1.32. The van der Waals surface area contributed by atoms with Crippen molar-refractivity contribution >= 4 is 11.6 Å². The molecule has 1 saturated carbocycles. The van der Waals surface area contributed by atoms with Gasteiger partial charge in [-0.25, -0.2) is 9.97 Å². The molecule has 0 bridgehead atoms. The number of hydrogen-bond acceptors (Lipinski definition) is 4. The summed E-state index contributed by atoms with van der Waals surface area (Å²) in [6.45, 7) is 7.62. The van der Waals surface area contributed by atoms with Crippen LogP contribution in [0.25, 0.3) is 0 Å². The molecule has 4 nitrogen and oxygen atoms in total. The molecule has 1 aliphatic carbocycles. The van der Waals surface area contributed by atoms with E-state index in [-0.39, 0.29) is 0 Å². The molecule has 1 fully saturated rings. The predicted octanol–water partition coefficient (Wildman–Crippen LogP) is 3.63. The molecular formula is C15H26N4. The molecule has 0 saturated heterocycles. The number of rotatable bonds is 5. The van der Waals surface area contributed by atoms with Gasteiger partial charge in [0.1, 0.15) is 17.5 Å². The van der Waals surface area contributed by atoms with E-state index >= 15 is 0 Å². The summed E-state index contributed by atoms with van der Waals surface area (Å²) in [5.74, 6) is 3.07. The number of aromatic nitrogens is 2. The first-order valence-corrected chi connectivity index (χ1v) is 7.33. The van der Waals surface area contributed by atoms with Gasteiger partial charge in [-0.3, -0.25) is 0 Å². The van der Waals surface area contributed by atoms with Crippen LogP contribution in [0.1, 0.15) is 58.2 Å². The van der Waals surface area contributed by atoms with E-state index in [0.717, 1.165) is 24.0 Å². The van der Waals surface area contributed by atoms with E-state index in [1.807, 2.05) is 13.1 Å². The maximum absolute atomic E-state index is 4.61. The van der Waals surface area contributed by atoms with Crippen LogP contribution in [0.5, 0.6) is 0 Å². The molecule has 106 valence electrons. The minimum atomic E-state index is 0.343. The number of nitrogens with one attached hydrogen (secondary N) is 2. The van der Waals surface area contributed by atoms with Crippen LogP contribution in [0.3, 0.4) is 0 Å². The third-order valence-electron chi connectivity index (χ3n) is 4.02. The highest BCUT2D eigenvalue weighted by Gasteiger charge is 2.28. The minimum absolute atomic E-state index is 0.343. The first kappa shape index (κ1) is 14.1. The summed E-state index contributed by atoms with van der Waals surface area (Å²) >= 11 is 0. The maximum Gasteiger partial charge on any atom is 0.135 e. The quantitative estimate of drug-likeness (QED) is 0.850. The fraction of sp³-hybridized carbons (Fsp3) is 0.733. The van der Waals surface area contributed by atoms with E-state index in [9.17, 15) is 0 Å².